The normalized spacial score (nSPS) is 11.3. The maximum atomic E-state index is 5.24. The van der Waals surface area contributed by atoms with Crippen molar-refractivity contribution in [2.45, 2.75) is 0 Å². The molecule has 0 saturated heterocycles. The molecule has 8 aromatic carbocycles. The third-order valence-corrected chi connectivity index (χ3v) is 10.3. The van der Waals surface area contributed by atoms with Crippen molar-refractivity contribution in [1.29, 1.82) is 0 Å². The van der Waals surface area contributed by atoms with E-state index in [0.717, 1.165) is 44.9 Å². The van der Waals surface area contributed by atoms with Crippen molar-refractivity contribution in [3.63, 3.8) is 0 Å². The van der Waals surface area contributed by atoms with E-state index in [-0.39, 0.29) is 0 Å². The van der Waals surface area contributed by atoms with Crippen LogP contribution in [0.1, 0.15) is 0 Å². The van der Waals surface area contributed by atoms with E-state index in [9.17, 15) is 0 Å². The average molecular weight is 688 g/mol. The van der Waals surface area contributed by atoms with E-state index < -0.39 is 0 Å². The Hall–Kier alpha value is -7.23. The summed E-state index contributed by atoms with van der Waals surface area (Å²) >= 11 is 0. The number of nitrogens with zero attached hydrogens (tertiary/aromatic N) is 3. The van der Waals surface area contributed by atoms with Gasteiger partial charge in [-0.15, -0.1) is 0 Å². The summed E-state index contributed by atoms with van der Waals surface area (Å²) in [5, 5.41) is 7.35. The Labute approximate surface area is 313 Å². The summed E-state index contributed by atoms with van der Waals surface area (Å²) < 4.78 is 0. The lowest BCUT2D eigenvalue weighted by atomic mass is 9.85. The first-order valence-corrected chi connectivity index (χ1v) is 18.3. The van der Waals surface area contributed by atoms with Gasteiger partial charge in [0.1, 0.15) is 0 Å². The first kappa shape index (κ1) is 31.5. The topological polar surface area (TPSA) is 38.7 Å². The van der Waals surface area contributed by atoms with Crippen LogP contribution in [0.3, 0.4) is 0 Å². The molecule has 0 atom stereocenters. The number of pyridine rings is 1. The van der Waals surface area contributed by atoms with E-state index in [1.165, 1.54) is 49.0 Å². The summed E-state index contributed by atoms with van der Waals surface area (Å²) in [6.45, 7) is 0. The van der Waals surface area contributed by atoms with Gasteiger partial charge in [0, 0.05) is 28.5 Å². The highest BCUT2D eigenvalue weighted by Gasteiger charge is 2.18. The predicted molar refractivity (Wildman–Crippen MR) is 225 cm³/mol. The summed E-state index contributed by atoms with van der Waals surface area (Å²) in [6, 6.07) is 68.6. The molecule has 3 heteroatoms. The van der Waals surface area contributed by atoms with E-state index in [2.05, 4.69) is 175 Å². The monoisotopic (exact) mass is 687 g/mol. The third-order valence-electron chi connectivity index (χ3n) is 10.3. The minimum atomic E-state index is 0.679. The molecule has 2 aromatic heterocycles. The van der Waals surface area contributed by atoms with Gasteiger partial charge in [-0.3, -0.25) is 4.98 Å². The minimum Gasteiger partial charge on any atom is -0.256 e. The Bertz CT molecular complexity index is 2930. The maximum Gasteiger partial charge on any atom is 0.160 e. The van der Waals surface area contributed by atoms with Crippen molar-refractivity contribution in [3.8, 4) is 67.4 Å². The molecule has 0 bridgehead atoms. The lowest BCUT2D eigenvalue weighted by Crippen LogP contribution is -1.97. The van der Waals surface area contributed by atoms with E-state index >= 15 is 0 Å². The molecule has 3 nitrogen and oxygen atoms in total. The summed E-state index contributed by atoms with van der Waals surface area (Å²) in [6.07, 6.45) is 1.83. The lowest BCUT2D eigenvalue weighted by Gasteiger charge is -2.18. The molecule has 0 radical (unpaired) electrons. The van der Waals surface area contributed by atoms with Gasteiger partial charge in [-0.25, -0.2) is 9.97 Å². The fourth-order valence-corrected chi connectivity index (χ4v) is 7.76. The van der Waals surface area contributed by atoms with Crippen molar-refractivity contribution < 1.29 is 0 Å². The molecule has 54 heavy (non-hydrogen) atoms. The predicted octanol–water partition coefficient (Wildman–Crippen LogP) is 13.3. The smallest absolute Gasteiger partial charge is 0.160 e. The van der Waals surface area contributed by atoms with Gasteiger partial charge in [0.05, 0.1) is 17.1 Å². The molecule has 0 unspecified atom stereocenters. The zero-order valence-electron chi connectivity index (χ0n) is 29.4. The van der Waals surface area contributed by atoms with Crippen molar-refractivity contribution >= 4 is 32.3 Å². The fraction of sp³-hybridized carbons (Fsp3) is 0. The van der Waals surface area contributed by atoms with Crippen LogP contribution in [0.2, 0.25) is 0 Å². The third kappa shape index (κ3) is 5.69. The van der Waals surface area contributed by atoms with Crippen molar-refractivity contribution in [2.24, 2.45) is 0 Å². The van der Waals surface area contributed by atoms with Crippen LogP contribution < -0.4 is 0 Å². The molecule has 0 amide bonds. The maximum absolute atomic E-state index is 5.24. The standard InChI is InChI=1S/C51H33N3/c1-2-15-35(16-3-1)47-33-48(38-19-12-18-37(31-38)46-26-10-11-29-52-46)54-51(53-47)41-21-13-20-39(32-41)49-42-22-6-8-24-44(42)50(45-25-9-7-23-43(45)49)40-28-27-34-14-4-5-17-36(34)30-40/h1-33H. The van der Waals surface area contributed by atoms with Gasteiger partial charge in [-0.05, 0) is 91.0 Å². The second-order valence-corrected chi connectivity index (χ2v) is 13.6. The van der Waals surface area contributed by atoms with Gasteiger partial charge in [0.25, 0.3) is 0 Å². The first-order valence-electron chi connectivity index (χ1n) is 18.3. The van der Waals surface area contributed by atoms with E-state index in [1.54, 1.807) is 0 Å². The molecule has 10 rings (SSSR count). The Kier molecular flexibility index (Phi) is 7.81. The van der Waals surface area contributed by atoms with Crippen LogP contribution in [0.15, 0.2) is 200 Å². The van der Waals surface area contributed by atoms with Crippen LogP contribution in [-0.2, 0) is 0 Å². The minimum absolute atomic E-state index is 0.679. The highest BCUT2D eigenvalue weighted by molar-refractivity contribution is 6.21. The van der Waals surface area contributed by atoms with Crippen molar-refractivity contribution in [2.75, 3.05) is 0 Å². The molecule has 0 fully saturated rings. The average Bonchev–Trinajstić information content (AvgIpc) is 3.26. The van der Waals surface area contributed by atoms with Gasteiger partial charge in [-0.1, -0.05) is 158 Å². The quantitative estimate of drug-likeness (QED) is 0.163. The molecule has 0 aliphatic carbocycles. The molecular formula is C51H33N3. The largest absolute Gasteiger partial charge is 0.256 e. The van der Waals surface area contributed by atoms with Gasteiger partial charge in [0.2, 0.25) is 0 Å². The SMILES string of the molecule is c1ccc(-c2cc(-c3cccc(-c4ccccn4)c3)nc(-c3cccc(-c4c5ccccc5c(-c5ccc6ccccc6c5)c5ccccc45)c3)n2)cc1. The van der Waals surface area contributed by atoms with Crippen LogP contribution in [0.25, 0.3) is 99.7 Å². The van der Waals surface area contributed by atoms with Crippen molar-refractivity contribution in [3.05, 3.63) is 200 Å². The number of hydrogen-bond donors (Lipinski definition) is 0. The molecule has 0 aliphatic rings. The Morgan fingerprint density at radius 1 is 0.278 bits per heavy atom. The lowest BCUT2D eigenvalue weighted by molar-refractivity contribution is 1.18. The number of aromatic nitrogens is 3. The summed E-state index contributed by atoms with van der Waals surface area (Å²) in [5.41, 5.74) is 11.5. The van der Waals surface area contributed by atoms with Gasteiger partial charge >= 0.3 is 0 Å². The van der Waals surface area contributed by atoms with Gasteiger partial charge < -0.3 is 0 Å². The zero-order chi connectivity index (χ0) is 35.8. The Balaban J connectivity index is 1.16. The fourth-order valence-electron chi connectivity index (χ4n) is 7.76. The Morgan fingerprint density at radius 3 is 1.44 bits per heavy atom. The second kappa shape index (κ2) is 13.4. The number of hydrogen-bond acceptors (Lipinski definition) is 3. The second-order valence-electron chi connectivity index (χ2n) is 13.6. The van der Waals surface area contributed by atoms with Crippen LogP contribution in [0.4, 0.5) is 0 Å². The molecule has 252 valence electrons. The molecule has 0 saturated carbocycles. The van der Waals surface area contributed by atoms with E-state index in [0.29, 0.717) is 5.82 Å². The van der Waals surface area contributed by atoms with Gasteiger partial charge in [-0.2, -0.15) is 0 Å². The van der Waals surface area contributed by atoms with Crippen LogP contribution in [-0.4, -0.2) is 15.0 Å². The number of benzene rings is 8. The van der Waals surface area contributed by atoms with E-state index in [4.69, 9.17) is 9.97 Å². The number of rotatable bonds is 6. The highest BCUT2D eigenvalue weighted by atomic mass is 14.9. The van der Waals surface area contributed by atoms with E-state index in [1.807, 2.05) is 30.5 Å². The summed E-state index contributed by atoms with van der Waals surface area (Å²) in [7, 11) is 0. The van der Waals surface area contributed by atoms with Gasteiger partial charge in [0.15, 0.2) is 5.82 Å². The molecule has 0 N–H and O–H groups in total. The summed E-state index contributed by atoms with van der Waals surface area (Å²) in [4.78, 5) is 15.0. The van der Waals surface area contributed by atoms with Crippen molar-refractivity contribution in [1.82, 2.24) is 15.0 Å². The molecule has 10 aromatic rings. The molecule has 0 spiro atoms. The zero-order valence-corrected chi connectivity index (χ0v) is 29.4. The highest BCUT2D eigenvalue weighted by Crippen LogP contribution is 2.44. The first-order chi connectivity index (χ1) is 26.8. The summed E-state index contributed by atoms with van der Waals surface area (Å²) in [5.74, 6) is 0.679. The Morgan fingerprint density at radius 2 is 0.778 bits per heavy atom. The molecular weight excluding hydrogens is 655 g/mol. The molecule has 0 aliphatic heterocycles. The van der Waals surface area contributed by atoms with Crippen LogP contribution in [0, 0.1) is 0 Å². The van der Waals surface area contributed by atoms with Crippen LogP contribution in [0.5, 0.6) is 0 Å². The molecule has 2 heterocycles. The van der Waals surface area contributed by atoms with Crippen LogP contribution >= 0.6 is 0 Å². The number of fused-ring (bicyclic) bond motifs is 3.